The molecule has 0 aliphatic rings. The lowest BCUT2D eigenvalue weighted by atomic mass is 9.91. The van der Waals surface area contributed by atoms with E-state index < -0.39 is 5.54 Å². The lowest BCUT2D eigenvalue weighted by Crippen LogP contribution is -2.48. The Hall–Kier alpha value is -1.72. The zero-order chi connectivity index (χ0) is 17.6. The first kappa shape index (κ1) is 16.7. The van der Waals surface area contributed by atoms with Gasteiger partial charge in [-0.15, -0.1) is 0 Å². The summed E-state index contributed by atoms with van der Waals surface area (Å²) in [5.74, 6) is 0. The Bertz CT molecular complexity index is 1060. The van der Waals surface area contributed by atoms with Crippen LogP contribution in [0.2, 0.25) is 0 Å². The summed E-state index contributed by atoms with van der Waals surface area (Å²) in [6.45, 7) is 2.19. The van der Waals surface area contributed by atoms with E-state index in [1.807, 2.05) is 6.92 Å². The van der Waals surface area contributed by atoms with Crippen molar-refractivity contribution in [3.05, 3.63) is 58.6 Å². The zero-order valence-corrected chi connectivity index (χ0v) is 15.6. The van der Waals surface area contributed by atoms with Gasteiger partial charge in [-0.2, -0.15) is 0 Å². The third-order valence-electron chi connectivity index (χ3n) is 5.11. The van der Waals surface area contributed by atoms with Gasteiger partial charge in [-0.25, -0.2) is 0 Å². The molecule has 0 unspecified atom stereocenters. The molecule has 0 spiro atoms. The minimum absolute atomic E-state index is 0.109. The maximum Gasteiger partial charge on any atom is 0.0633 e. The van der Waals surface area contributed by atoms with Crippen LogP contribution in [0, 0.1) is 0 Å². The summed E-state index contributed by atoms with van der Waals surface area (Å²) in [4.78, 5) is 0. The van der Waals surface area contributed by atoms with Crippen molar-refractivity contribution in [3.8, 4) is 0 Å². The SMILES string of the molecule is CC(CO)(CO)NCc1ccc2ccc3ccc(Br)c4ccc1c2c34. The largest absolute Gasteiger partial charge is 0.394 e. The standard InChI is InChI=1S/C21H20BrNO2/c1-21(11-24,12-25)23-10-15-5-4-13-2-3-14-6-9-18(22)17-8-7-16(15)19(13)20(14)17/h2-9,23-25H,10-12H2,1H3. The number of aliphatic hydroxyl groups is 2. The second-order valence-corrected chi connectivity index (χ2v) is 7.78. The summed E-state index contributed by atoms with van der Waals surface area (Å²) in [7, 11) is 0. The third kappa shape index (κ3) is 2.70. The van der Waals surface area contributed by atoms with E-state index in [2.05, 4.69) is 69.8 Å². The average Bonchev–Trinajstić information content (AvgIpc) is 2.66. The van der Waals surface area contributed by atoms with Gasteiger partial charge in [0.25, 0.3) is 0 Å². The van der Waals surface area contributed by atoms with Crippen molar-refractivity contribution in [3.63, 3.8) is 0 Å². The highest BCUT2D eigenvalue weighted by Crippen LogP contribution is 2.38. The van der Waals surface area contributed by atoms with E-state index in [1.165, 1.54) is 32.3 Å². The molecule has 0 saturated heterocycles. The Labute approximate surface area is 154 Å². The molecule has 4 aromatic rings. The van der Waals surface area contributed by atoms with E-state index in [9.17, 15) is 10.2 Å². The highest BCUT2D eigenvalue weighted by atomic mass is 79.9. The molecule has 4 aromatic carbocycles. The van der Waals surface area contributed by atoms with Crippen LogP contribution in [0.4, 0.5) is 0 Å². The Morgan fingerprint density at radius 1 is 0.840 bits per heavy atom. The number of halogens is 1. The molecule has 128 valence electrons. The minimum Gasteiger partial charge on any atom is -0.394 e. The highest BCUT2D eigenvalue weighted by molar-refractivity contribution is 9.10. The third-order valence-corrected chi connectivity index (χ3v) is 5.80. The second-order valence-electron chi connectivity index (χ2n) is 6.92. The first-order chi connectivity index (χ1) is 12.1. The number of rotatable bonds is 5. The highest BCUT2D eigenvalue weighted by Gasteiger charge is 2.22. The fourth-order valence-electron chi connectivity index (χ4n) is 3.45. The predicted molar refractivity (Wildman–Crippen MR) is 107 cm³/mol. The molecule has 0 bridgehead atoms. The van der Waals surface area contributed by atoms with E-state index in [0.717, 1.165) is 10.0 Å². The van der Waals surface area contributed by atoms with Crippen LogP contribution in [0.3, 0.4) is 0 Å². The first-order valence-electron chi connectivity index (χ1n) is 8.38. The van der Waals surface area contributed by atoms with Crippen molar-refractivity contribution in [1.29, 1.82) is 0 Å². The Morgan fingerprint density at radius 2 is 1.40 bits per heavy atom. The van der Waals surface area contributed by atoms with E-state index in [1.54, 1.807) is 0 Å². The second kappa shape index (κ2) is 6.22. The fourth-order valence-corrected chi connectivity index (χ4v) is 3.91. The van der Waals surface area contributed by atoms with Crippen molar-refractivity contribution in [2.45, 2.75) is 19.0 Å². The van der Waals surface area contributed by atoms with Gasteiger partial charge in [-0.1, -0.05) is 58.4 Å². The summed E-state index contributed by atoms with van der Waals surface area (Å²) < 4.78 is 1.10. The van der Waals surface area contributed by atoms with Gasteiger partial charge in [0.1, 0.15) is 0 Å². The molecule has 0 saturated carbocycles. The molecule has 25 heavy (non-hydrogen) atoms. The lowest BCUT2D eigenvalue weighted by Gasteiger charge is -2.27. The van der Waals surface area contributed by atoms with Crippen LogP contribution < -0.4 is 5.32 Å². The summed E-state index contributed by atoms with van der Waals surface area (Å²) in [5.41, 5.74) is 0.475. The van der Waals surface area contributed by atoms with E-state index in [4.69, 9.17) is 0 Å². The van der Waals surface area contributed by atoms with Crippen molar-refractivity contribution in [2.24, 2.45) is 0 Å². The van der Waals surface area contributed by atoms with Crippen LogP contribution in [-0.2, 0) is 6.54 Å². The van der Waals surface area contributed by atoms with Crippen LogP contribution in [-0.4, -0.2) is 29.0 Å². The van der Waals surface area contributed by atoms with Crippen molar-refractivity contribution >= 4 is 48.2 Å². The lowest BCUT2D eigenvalue weighted by molar-refractivity contribution is 0.103. The molecule has 0 fully saturated rings. The molecule has 0 heterocycles. The van der Waals surface area contributed by atoms with Gasteiger partial charge in [0.15, 0.2) is 0 Å². The molecule has 0 aliphatic carbocycles. The van der Waals surface area contributed by atoms with E-state index in [-0.39, 0.29) is 13.2 Å². The van der Waals surface area contributed by atoms with Crippen LogP contribution in [0.15, 0.2) is 53.0 Å². The Kier molecular flexibility index (Phi) is 4.16. The molecule has 4 rings (SSSR count). The van der Waals surface area contributed by atoms with Crippen LogP contribution in [0.1, 0.15) is 12.5 Å². The van der Waals surface area contributed by atoms with Crippen LogP contribution >= 0.6 is 15.9 Å². The monoisotopic (exact) mass is 397 g/mol. The number of hydrogen-bond acceptors (Lipinski definition) is 3. The molecular formula is C21H20BrNO2. The number of aliphatic hydroxyl groups excluding tert-OH is 2. The van der Waals surface area contributed by atoms with Gasteiger partial charge in [0.05, 0.1) is 18.8 Å². The number of nitrogens with one attached hydrogen (secondary N) is 1. The quantitative estimate of drug-likeness (QED) is 0.442. The molecule has 0 aromatic heterocycles. The van der Waals surface area contributed by atoms with E-state index >= 15 is 0 Å². The van der Waals surface area contributed by atoms with Gasteiger partial charge in [0.2, 0.25) is 0 Å². The van der Waals surface area contributed by atoms with Crippen molar-refractivity contribution < 1.29 is 10.2 Å². The van der Waals surface area contributed by atoms with Crippen molar-refractivity contribution in [1.82, 2.24) is 5.32 Å². The number of hydrogen-bond donors (Lipinski definition) is 3. The van der Waals surface area contributed by atoms with Gasteiger partial charge >= 0.3 is 0 Å². The maximum absolute atomic E-state index is 9.50. The van der Waals surface area contributed by atoms with Crippen molar-refractivity contribution in [2.75, 3.05) is 13.2 Å². The molecule has 3 N–H and O–H groups in total. The average molecular weight is 398 g/mol. The Morgan fingerprint density at radius 3 is 2.08 bits per heavy atom. The van der Waals surface area contributed by atoms with E-state index in [0.29, 0.717) is 6.54 Å². The number of benzene rings is 4. The maximum atomic E-state index is 9.50. The molecular weight excluding hydrogens is 378 g/mol. The zero-order valence-electron chi connectivity index (χ0n) is 14.0. The molecule has 4 heteroatoms. The van der Waals surface area contributed by atoms with Gasteiger partial charge in [-0.05, 0) is 50.9 Å². The van der Waals surface area contributed by atoms with Crippen LogP contribution in [0.25, 0.3) is 32.3 Å². The molecule has 0 atom stereocenters. The molecule has 0 radical (unpaired) electrons. The summed E-state index contributed by atoms with van der Waals surface area (Å²) in [5, 5.41) is 29.7. The topological polar surface area (TPSA) is 52.5 Å². The molecule has 3 nitrogen and oxygen atoms in total. The Balaban J connectivity index is 1.91. The van der Waals surface area contributed by atoms with Gasteiger partial charge < -0.3 is 15.5 Å². The molecule has 0 amide bonds. The predicted octanol–water partition coefficient (Wildman–Crippen LogP) is 4.18. The first-order valence-corrected chi connectivity index (χ1v) is 9.17. The molecule has 0 aliphatic heterocycles. The summed E-state index contributed by atoms with van der Waals surface area (Å²) in [6.07, 6.45) is 0. The summed E-state index contributed by atoms with van der Waals surface area (Å²) in [6, 6.07) is 17.2. The fraction of sp³-hybridized carbons (Fsp3) is 0.238. The summed E-state index contributed by atoms with van der Waals surface area (Å²) >= 11 is 3.67. The minimum atomic E-state index is -0.687. The smallest absolute Gasteiger partial charge is 0.0633 e. The van der Waals surface area contributed by atoms with Gasteiger partial charge in [0, 0.05) is 11.0 Å². The van der Waals surface area contributed by atoms with Gasteiger partial charge in [-0.3, -0.25) is 0 Å². The van der Waals surface area contributed by atoms with Crippen LogP contribution in [0.5, 0.6) is 0 Å². The normalized spacial score (nSPS) is 12.6.